The molecule has 0 saturated heterocycles. The van der Waals surface area contributed by atoms with Gasteiger partial charge < -0.3 is 20.1 Å². The first-order valence-corrected chi connectivity index (χ1v) is 7.13. The van der Waals surface area contributed by atoms with E-state index in [0.717, 1.165) is 16.6 Å². The zero-order chi connectivity index (χ0) is 17.0. The molecule has 120 valence electrons. The lowest BCUT2D eigenvalue weighted by Crippen LogP contribution is -2.17. The number of phenolic OH excluding ortho intramolecular Hbond substituents is 3. The van der Waals surface area contributed by atoms with E-state index in [4.69, 9.17) is 4.74 Å². The zero-order valence-electron chi connectivity index (χ0n) is 11.9. The van der Waals surface area contributed by atoms with Gasteiger partial charge in [-0.15, -0.1) is 0 Å². The Morgan fingerprint density at radius 2 is 1.87 bits per heavy atom. The minimum atomic E-state index is -0.691. The number of nitrogens with one attached hydrogen (secondary N) is 1. The van der Waals surface area contributed by atoms with E-state index in [2.05, 4.69) is 26.5 Å². The Balaban J connectivity index is 2.14. The highest BCUT2D eigenvalue weighted by molar-refractivity contribution is 9.10. The minimum absolute atomic E-state index is 0.0591. The molecule has 0 bridgehead atoms. The fourth-order valence-corrected chi connectivity index (χ4v) is 2.15. The van der Waals surface area contributed by atoms with Crippen LogP contribution in [0.5, 0.6) is 23.0 Å². The lowest BCUT2D eigenvalue weighted by molar-refractivity contribution is 0.0954. The second-order valence-corrected chi connectivity index (χ2v) is 5.36. The number of hydrogen-bond acceptors (Lipinski definition) is 6. The quantitative estimate of drug-likeness (QED) is 0.369. The van der Waals surface area contributed by atoms with Gasteiger partial charge in [0.15, 0.2) is 17.2 Å². The molecule has 0 atom stereocenters. The van der Waals surface area contributed by atoms with Crippen LogP contribution >= 0.6 is 15.9 Å². The van der Waals surface area contributed by atoms with Crippen molar-refractivity contribution in [2.24, 2.45) is 5.10 Å². The second kappa shape index (κ2) is 7.01. The monoisotopic (exact) mass is 380 g/mol. The average molecular weight is 381 g/mol. The van der Waals surface area contributed by atoms with Crippen molar-refractivity contribution in [3.8, 4) is 23.0 Å². The first-order valence-electron chi connectivity index (χ1n) is 6.34. The summed E-state index contributed by atoms with van der Waals surface area (Å²) >= 11 is 3.32. The van der Waals surface area contributed by atoms with Gasteiger partial charge in [0.25, 0.3) is 5.91 Å². The van der Waals surface area contributed by atoms with Gasteiger partial charge in [-0.25, -0.2) is 5.43 Å². The fourth-order valence-electron chi connectivity index (χ4n) is 1.77. The summed E-state index contributed by atoms with van der Waals surface area (Å²) in [6.45, 7) is 0. The third-order valence-electron chi connectivity index (χ3n) is 2.89. The molecule has 4 N–H and O–H groups in total. The van der Waals surface area contributed by atoms with E-state index in [1.165, 1.54) is 13.3 Å². The Labute approximate surface area is 140 Å². The smallest absolute Gasteiger partial charge is 0.271 e. The van der Waals surface area contributed by atoms with E-state index >= 15 is 0 Å². The second-order valence-electron chi connectivity index (χ2n) is 4.45. The Hall–Kier alpha value is -2.74. The van der Waals surface area contributed by atoms with E-state index in [-0.39, 0.29) is 5.56 Å². The molecule has 0 aliphatic carbocycles. The molecule has 0 aromatic heterocycles. The van der Waals surface area contributed by atoms with Crippen molar-refractivity contribution in [1.82, 2.24) is 5.43 Å². The van der Waals surface area contributed by atoms with Gasteiger partial charge in [-0.05, 0) is 30.3 Å². The van der Waals surface area contributed by atoms with Gasteiger partial charge in [-0.2, -0.15) is 5.10 Å². The van der Waals surface area contributed by atoms with Crippen LogP contribution in [-0.4, -0.2) is 34.6 Å². The predicted molar refractivity (Wildman–Crippen MR) is 87.2 cm³/mol. The zero-order valence-corrected chi connectivity index (χ0v) is 13.5. The molecule has 0 unspecified atom stereocenters. The summed E-state index contributed by atoms with van der Waals surface area (Å²) in [7, 11) is 1.52. The molecule has 0 radical (unpaired) electrons. The molecule has 2 aromatic carbocycles. The molecule has 0 heterocycles. The third-order valence-corrected chi connectivity index (χ3v) is 3.39. The normalized spacial score (nSPS) is 10.7. The van der Waals surface area contributed by atoms with Gasteiger partial charge in [-0.3, -0.25) is 4.79 Å². The lowest BCUT2D eigenvalue weighted by Gasteiger charge is -2.06. The van der Waals surface area contributed by atoms with Crippen LogP contribution in [0.25, 0.3) is 0 Å². The van der Waals surface area contributed by atoms with E-state index in [0.29, 0.717) is 11.3 Å². The number of rotatable bonds is 4. The van der Waals surface area contributed by atoms with Crippen molar-refractivity contribution in [2.75, 3.05) is 7.11 Å². The largest absolute Gasteiger partial charge is 0.504 e. The first-order chi connectivity index (χ1) is 10.9. The molecule has 2 rings (SSSR count). The number of hydrogen-bond donors (Lipinski definition) is 4. The number of ether oxygens (including phenoxy) is 1. The number of methoxy groups -OCH3 is 1. The molecule has 23 heavy (non-hydrogen) atoms. The molecule has 8 heteroatoms. The van der Waals surface area contributed by atoms with Crippen molar-refractivity contribution in [3.63, 3.8) is 0 Å². The highest BCUT2D eigenvalue weighted by Gasteiger charge is 2.13. The summed E-state index contributed by atoms with van der Waals surface area (Å²) in [5.41, 5.74) is 2.83. The van der Waals surface area contributed by atoms with Gasteiger partial charge in [-0.1, -0.05) is 15.9 Å². The van der Waals surface area contributed by atoms with E-state index in [1.54, 1.807) is 18.2 Å². The van der Waals surface area contributed by atoms with Crippen LogP contribution in [-0.2, 0) is 0 Å². The van der Waals surface area contributed by atoms with E-state index in [9.17, 15) is 20.1 Å². The average Bonchev–Trinajstić information content (AvgIpc) is 2.52. The van der Waals surface area contributed by atoms with Gasteiger partial charge in [0, 0.05) is 15.6 Å². The van der Waals surface area contributed by atoms with Crippen LogP contribution in [0.3, 0.4) is 0 Å². The number of benzene rings is 2. The third kappa shape index (κ3) is 3.92. The highest BCUT2D eigenvalue weighted by atomic mass is 79.9. The maximum Gasteiger partial charge on any atom is 0.271 e. The van der Waals surface area contributed by atoms with E-state index in [1.807, 2.05) is 0 Å². The van der Waals surface area contributed by atoms with Crippen molar-refractivity contribution < 1.29 is 24.9 Å². The molecule has 0 spiro atoms. The molecule has 2 aromatic rings. The molecular formula is C15H13BrN2O5. The van der Waals surface area contributed by atoms with Gasteiger partial charge in [0.05, 0.1) is 13.3 Å². The maximum atomic E-state index is 11.9. The van der Waals surface area contributed by atoms with Crippen molar-refractivity contribution in [3.05, 3.63) is 45.9 Å². The summed E-state index contributed by atoms with van der Waals surface area (Å²) in [6, 6.07) is 7.33. The Morgan fingerprint density at radius 1 is 1.22 bits per heavy atom. The minimum Gasteiger partial charge on any atom is -0.504 e. The van der Waals surface area contributed by atoms with Crippen LogP contribution in [0.4, 0.5) is 0 Å². The molecule has 0 aliphatic heterocycles. The molecule has 1 amide bonds. The Morgan fingerprint density at radius 3 is 2.48 bits per heavy atom. The van der Waals surface area contributed by atoms with Crippen molar-refractivity contribution in [2.45, 2.75) is 0 Å². The number of phenols is 3. The first kappa shape index (κ1) is 16.6. The van der Waals surface area contributed by atoms with Crippen molar-refractivity contribution >= 4 is 28.1 Å². The number of carbonyl (C=O) groups is 1. The van der Waals surface area contributed by atoms with Gasteiger partial charge in [0.1, 0.15) is 5.75 Å². The molecular weight excluding hydrogens is 368 g/mol. The summed E-state index contributed by atoms with van der Waals surface area (Å²) in [4.78, 5) is 11.9. The van der Waals surface area contributed by atoms with Crippen LogP contribution in [0, 0.1) is 0 Å². The number of aromatic hydroxyl groups is 3. The van der Waals surface area contributed by atoms with Crippen LogP contribution < -0.4 is 10.2 Å². The summed E-state index contributed by atoms with van der Waals surface area (Å²) in [5.74, 6) is -1.99. The molecule has 0 fully saturated rings. The SMILES string of the molecule is COc1ccc(Br)cc1C=NNC(=O)c1cc(O)c(O)c(O)c1. The Bertz CT molecular complexity index is 753. The molecule has 0 aliphatic rings. The summed E-state index contributed by atoms with van der Waals surface area (Å²) in [6.07, 6.45) is 1.39. The summed E-state index contributed by atoms with van der Waals surface area (Å²) in [5, 5.41) is 31.8. The molecule has 0 saturated carbocycles. The van der Waals surface area contributed by atoms with Crippen molar-refractivity contribution in [1.29, 1.82) is 0 Å². The Kier molecular flexibility index (Phi) is 5.07. The lowest BCUT2D eigenvalue weighted by atomic mass is 10.2. The topological polar surface area (TPSA) is 111 Å². The summed E-state index contributed by atoms with van der Waals surface area (Å²) < 4.78 is 5.99. The number of hydrazone groups is 1. The van der Waals surface area contributed by atoms with Crippen LogP contribution in [0.1, 0.15) is 15.9 Å². The number of halogens is 1. The van der Waals surface area contributed by atoms with Gasteiger partial charge >= 0.3 is 0 Å². The number of nitrogens with zero attached hydrogens (tertiary/aromatic N) is 1. The van der Waals surface area contributed by atoms with Gasteiger partial charge in [0.2, 0.25) is 0 Å². The highest BCUT2D eigenvalue weighted by Crippen LogP contribution is 2.35. The number of amides is 1. The fraction of sp³-hybridized carbons (Fsp3) is 0.0667. The maximum absolute atomic E-state index is 11.9. The van der Waals surface area contributed by atoms with Crippen LogP contribution in [0.2, 0.25) is 0 Å². The van der Waals surface area contributed by atoms with E-state index < -0.39 is 23.2 Å². The molecule has 7 nitrogen and oxygen atoms in total. The predicted octanol–water partition coefficient (Wildman–Crippen LogP) is 2.34. The van der Waals surface area contributed by atoms with Crippen LogP contribution in [0.15, 0.2) is 39.9 Å². The standard InChI is InChI=1S/C15H13BrN2O5/c1-23-13-3-2-10(16)4-9(13)7-17-18-15(22)8-5-11(19)14(21)12(20)6-8/h2-7,19-21H,1H3,(H,18,22). The number of carbonyl (C=O) groups excluding carboxylic acids is 1.